The van der Waals surface area contributed by atoms with E-state index in [-0.39, 0.29) is 10.0 Å². The van der Waals surface area contributed by atoms with Gasteiger partial charge in [0.2, 0.25) is 0 Å². The van der Waals surface area contributed by atoms with Crippen LogP contribution >= 0.6 is 15.9 Å². The summed E-state index contributed by atoms with van der Waals surface area (Å²) in [6.45, 7) is 0. The van der Waals surface area contributed by atoms with Crippen molar-refractivity contribution in [3.05, 3.63) is 37.8 Å². The lowest BCUT2D eigenvalue weighted by Crippen LogP contribution is -2.06. The van der Waals surface area contributed by atoms with E-state index in [1.54, 1.807) is 6.07 Å². The molecular weight excluding hydrogens is 268 g/mol. The number of nitriles is 1. The van der Waals surface area contributed by atoms with Crippen molar-refractivity contribution >= 4 is 27.6 Å². The Morgan fingerprint density at radius 1 is 1.60 bits per heavy atom. The van der Waals surface area contributed by atoms with Gasteiger partial charge >= 0.3 is 5.97 Å². The largest absolute Gasteiger partial charge is 0.477 e. The zero-order chi connectivity index (χ0) is 11.6. The summed E-state index contributed by atoms with van der Waals surface area (Å²) in [6.07, 6.45) is 0. The minimum absolute atomic E-state index is 0.0314. The van der Waals surface area contributed by atoms with Crippen molar-refractivity contribution in [3.63, 3.8) is 0 Å². The van der Waals surface area contributed by atoms with Crippen molar-refractivity contribution in [3.8, 4) is 6.07 Å². The molecule has 1 rings (SSSR count). The van der Waals surface area contributed by atoms with Gasteiger partial charge in [0.25, 0.3) is 5.69 Å². The van der Waals surface area contributed by atoms with Gasteiger partial charge in [-0.1, -0.05) is 0 Å². The molecule has 7 heteroatoms. The highest BCUT2D eigenvalue weighted by Gasteiger charge is 2.27. The number of rotatable bonds is 2. The van der Waals surface area contributed by atoms with Gasteiger partial charge in [0.05, 0.1) is 15.0 Å². The van der Waals surface area contributed by atoms with Crippen molar-refractivity contribution in [1.82, 2.24) is 0 Å². The van der Waals surface area contributed by atoms with Gasteiger partial charge in [-0.25, -0.2) is 4.79 Å². The zero-order valence-corrected chi connectivity index (χ0v) is 8.69. The molecule has 0 unspecified atom stereocenters. The van der Waals surface area contributed by atoms with Crippen molar-refractivity contribution in [1.29, 1.82) is 5.26 Å². The molecule has 0 heterocycles. The van der Waals surface area contributed by atoms with Gasteiger partial charge in [-0.05, 0) is 28.1 Å². The Kier molecular flexibility index (Phi) is 3.01. The molecule has 0 aliphatic heterocycles. The van der Waals surface area contributed by atoms with Gasteiger partial charge in [0.15, 0.2) is 5.56 Å². The third kappa shape index (κ3) is 1.94. The molecule has 0 bridgehead atoms. The summed E-state index contributed by atoms with van der Waals surface area (Å²) in [7, 11) is 0. The highest BCUT2D eigenvalue weighted by molar-refractivity contribution is 9.10. The first-order valence-corrected chi connectivity index (χ1v) is 4.38. The molecule has 1 aromatic carbocycles. The lowest BCUT2D eigenvalue weighted by molar-refractivity contribution is -0.386. The molecule has 76 valence electrons. The maximum absolute atomic E-state index is 10.8. The van der Waals surface area contributed by atoms with Crippen molar-refractivity contribution < 1.29 is 14.8 Å². The Balaban J connectivity index is 3.68. The van der Waals surface area contributed by atoms with Crippen LogP contribution in [0, 0.1) is 21.4 Å². The van der Waals surface area contributed by atoms with Gasteiger partial charge < -0.3 is 5.11 Å². The van der Waals surface area contributed by atoms with Crippen LogP contribution in [0.5, 0.6) is 0 Å². The number of benzene rings is 1. The van der Waals surface area contributed by atoms with Gasteiger partial charge in [-0.3, -0.25) is 10.1 Å². The molecule has 0 saturated carbocycles. The normalized spacial score (nSPS) is 9.33. The fourth-order valence-corrected chi connectivity index (χ4v) is 1.53. The molecule has 0 aliphatic rings. The SMILES string of the molecule is N#Cc1ccc(Br)c([N+](=O)[O-])c1C(=O)O. The van der Waals surface area contributed by atoms with Gasteiger partial charge in [-0.2, -0.15) is 5.26 Å². The van der Waals surface area contributed by atoms with Crippen LogP contribution in [0.4, 0.5) is 5.69 Å². The topological polar surface area (TPSA) is 104 Å². The molecule has 0 spiro atoms. The van der Waals surface area contributed by atoms with E-state index in [4.69, 9.17) is 10.4 Å². The molecule has 1 N–H and O–H groups in total. The number of hydrogen-bond acceptors (Lipinski definition) is 4. The summed E-state index contributed by atoms with van der Waals surface area (Å²) in [5.41, 5.74) is -1.45. The number of nitrogens with zero attached hydrogens (tertiary/aromatic N) is 2. The standard InChI is InChI=1S/C8H3BrN2O4/c9-5-2-1-4(3-10)6(8(12)13)7(5)11(14)15/h1-2H,(H,12,13). The fourth-order valence-electron chi connectivity index (χ4n) is 1.05. The molecule has 0 fully saturated rings. The van der Waals surface area contributed by atoms with Gasteiger partial charge in [0, 0.05) is 0 Å². The Hall–Kier alpha value is -1.94. The van der Waals surface area contributed by atoms with E-state index in [0.29, 0.717) is 0 Å². The van der Waals surface area contributed by atoms with Crippen LogP contribution in [0.15, 0.2) is 16.6 Å². The van der Waals surface area contributed by atoms with Crippen LogP contribution in [-0.2, 0) is 0 Å². The second-order valence-corrected chi connectivity index (χ2v) is 3.35. The highest BCUT2D eigenvalue weighted by atomic mass is 79.9. The monoisotopic (exact) mass is 270 g/mol. The zero-order valence-electron chi connectivity index (χ0n) is 7.10. The maximum atomic E-state index is 10.8. The van der Waals surface area contributed by atoms with Crippen LogP contribution in [0.1, 0.15) is 15.9 Å². The van der Waals surface area contributed by atoms with Crippen LogP contribution in [0.3, 0.4) is 0 Å². The van der Waals surface area contributed by atoms with Crippen molar-refractivity contribution in [2.75, 3.05) is 0 Å². The third-order valence-corrected chi connectivity index (χ3v) is 2.29. The first-order valence-electron chi connectivity index (χ1n) is 3.59. The van der Waals surface area contributed by atoms with E-state index in [1.807, 2.05) is 0 Å². The van der Waals surface area contributed by atoms with Crippen LogP contribution in [-0.4, -0.2) is 16.0 Å². The number of carboxylic acids is 1. The van der Waals surface area contributed by atoms with E-state index in [0.717, 1.165) is 0 Å². The Bertz CT molecular complexity index is 492. The highest BCUT2D eigenvalue weighted by Crippen LogP contribution is 2.31. The second kappa shape index (κ2) is 4.06. The molecule has 6 nitrogen and oxygen atoms in total. The average Bonchev–Trinajstić information content (AvgIpc) is 2.16. The molecule has 0 amide bonds. The Labute approximate surface area is 92.0 Å². The summed E-state index contributed by atoms with van der Waals surface area (Å²) in [5, 5.41) is 28.0. The van der Waals surface area contributed by atoms with Crippen LogP contribution < -0.4 is 0 Å². The molecule has 0 aliphatic carbocycles. The fraction of sp³-hybridized carbons (Fsp3) is 0. The molecule has 1 aromatic rings. The molecule has 0 saturated heterocycles. The van der Waals surface area contributed by atoms with Gasteiger partial charge in [0.1, 0.15) is 6.07 Å². The number of nitro benzene ring substituents is 1. The average molecular weight is 271 g/mol. The lowest BCUT2D eigenvalue weighted by Gasteiger charge is -2.01. The van der Waals surface area contributed by atoms with Crippen molar-refractivity contribution in [2.24, 2.45) is 0 Å². The van der Waals surface area contributed by atoms with E-state index < -0.39 is 22.1 Å². The Morgan fingerprint density at radius 2 is 2.20 bits per heavy atom. The Morgan fingerprint density at radius 3 is 2.60 bits per heavy atom. The lowest BCUT2D eigenvalue weighted by atomic mass is 10.1. The maximum Gasteiger partial charge on any atom is 0.344 e. The van der Waals surface area contributed by atoms with Crippen LogP contribution in [0.2, 0.25) is 0 Å². The van der Waals surface area contributed by atoms with E-state index >= 15 is 0 Å². The minimum atomic E-state index is -1.50. The minimum Gasteiger partial charge on any atom is -0.477 e. The number of hydrogen-bond donors (Lipinski definition) is 1. The summed E-state index contributed by atoms with van der Waals surface area (Å²) in [5.74, 6) is -1.50. The summed E-state index contributed by atoms with van der Waals surface area (Å²) >= 11 is 2.86. The third-order valence-electron chi connectivity index (χ3n) is 1.65. The van der Waals surface area contributed by atoms with E-state index in [9.17, 15) is 14.9 Å². The van der Waals surface area contributed by atoms with Gasteiger partial charge in [-0.15, -0.1) is 0 Å². The number of aromatic carboxylic acids is 1. The number of carboxylic acid groups (broad SMARTS) is 1. The molecule has 0 aromatic heterocycles. The predicted octanol–water partition coefficient (Wildman–Crippen LogP) is 1.93. The molecular formula is C8H3BrN2O4. The van der Waals surface area contributed by atoms with Crippen LogP contribution in [0.25, 0.3) is 0 Å². The second-order valence-electron chi connectivity index (χ2n) is 2.49. The molecule has 15 heavy (non-hydrogen) atoms. The molecule has 0 atom stereocenters. The molecule has 0 radical (unpaired) electrons. The smallest absolute Gasteiger partial charge is 0.344 e. The summed E-state index contributed by atoms with van der Waals surface area (Å²) < 4.78 is 0.0314. The van der Waals surface area contributed by atoms with E-state index in [1.165, 1.54) is 12.1 Å². The number of carbonyl (C=O) groups is 1. The number of halogens is 1. The number of nitro groups is 1. The first kappa shape index (κ1) is 11.1. The summed E-state index contributed by atoms with van der Waals surface area (Å²) in [4.78, 5) is 20.6. The van der Waals surface area contributed by atoms with E-state index in [2.05, 4.69) is 15.9 Å². The predicted molar refractivity (Wildman–Crippen MR) is 52.5 cm³/mol. The first-order chi connectivity index (χ1) is 6.99. The quantitative estimate of drug-likeness (QED) is 0.653. The summed E-state index contributed by atoms with van der Waals surface area (Å²) in [6, 6.07) is 4.07. The van der Waals surface area contributed by atoms with Crippen molar-refractivity contribution in [2.45, 2.75) is 0 Å².